The summed E-state index contributed by atoms with van der Waals surface area (Å²) in [6.45, 7) is 4.45. The van der Waals surface area contributed by atoms with Crippen LogP contribution in [0.2, 0.25) is 0 Å². The van der Waals surface area contributed by atoms with E-state index in [1.807, 2.05) is 6.20 Å². The van der Waals surface area contributed by atoms with E-state index in [2.05, 4.69) is 21.8 Å². The lowest BCUT2D eigenvalue weighted by molar-refractivity contribution is -0.384. The number of nitrogens with zero attached hydrogens (tertiary/aromatic N) is 3. The molecule has 1 N–H and O–H groups in total. The van der Waals surface area contributed by atoms with Gasteiger partial charge < -0.3 is 9.88 Å². The van der Waals surface area contributed by atoms with Crippen molar-refractivity contribution < 1.29 is 4.92 Å². The summed E-state index contributed by atoms with van der Waals surface area (Å²) in [7, 11) is 0. The maximum absolute atomic E-state index is 10.6. The second-order valence-electron chi connectivity index (χ2n) is 4.56. The van der Waals surface area contributed by atoms with Gasteiger partial charge >= 0.3 is 0 Å². The summed E-state index contributed by atoms with van der Waals surface area (Å²) < 4.78 is 2.13. The molecule has 1 aromatic heterocycles. The molecule has 20 heavy (non-hydrogen) atoms. The summed E-state index contributed by atoms with van der Waals surface area (Å²) in [5, 5.41) is 13.9. The van der Waals surface area contributed by atoms with Crippen LogP contribution in [0.15, 0.2) is 36.7 Å². The average Bonchev–Trinajstić information content (AvgIpc) is 2.87. The molecule has 6 heteroatoms. The SMILES string of the molecule is CCCn1ccnc1CNCc1ccc([N+](=O)[O-])cc1. The van der Waals surface area contributed by atoms with Gasteiger partial charge in [-0.05, 0) is 12.0 Å². The normalized spacial score (nSPS) is 10.7. The third-order valence-electron chi connectivity index (χ3n) is 3.03. The number of benzene rings is 1. The first-order valence-electron chi connectivity index (χ1n) is 6.64. The summed E-state index contributed by atoms with van der Waals surface area (Å²) in [5.74, 6) is 1.01. The van der Waals surface area contributed by atoms with Gasteiger partial charge in [0.1, 0.15) is 5.82 Å². The smallest absolute Gasteiger partial charge is 0.269 e. The molecule has 2 rings (SSSR count). The molecule has 0 amide bonds. The second kappa shape index (κ2) is 6.81. The number of nitro groups is 1. The Hall–Kier alpha value is -2.21. The van der Waals surface area contributed by atoms with Gasteiger partial charge in [-0.25, -0.2) is 4.98 Å². The van der Waals surface area contributed by atoms with Gasteiger partial charge in [0.2, 0.25) is 0 Å². The average molecular weight is 274 g/mol. The largest absolute Gasteiger partial charge is 0.334 e. The minimum Gasteiger partial charge on any atom is -0.334 e. The Morgan fingerprint density at radius 2 is 2.05 bits per heavy atom. The van der Waals surface area contributed by atoms with E-state index in [1.54, 1.807) is 18.3 Å². The van der Waals surface area contributed by atoms with Gasteiger partial charge in [0.05, 0.1) is 11.5 Å². The standard InChI is InChI=1S/C14H18N4O2/c1-2-8-17-9-7-16-14(17)11-15-10-12-3-5-13(6-4-12)18(19)20/h3-7,9,15H,2,8,10-11H2,1H3. The third kappa shape index (κ3) is 3.64. The Bertz CT molecular complexity index is 563. The Morgan fingerprint density at radius 3 is 2.70 bits per heavy atom. The summed E-state index contributed by atoms with van der Waals surface area (Å²) in [6.07, 6.45) is 4.86. The molecule has 0 radical (unpaired) electrons. The van der Waals surface area contributed by atoms with Crippen LogP contribution in [0.1, 0.15) is 24.7 Å². The van der Waals surface area contributed by atoms with E-state index >= 15 is 0 Å². The number of rotatable bonds is 7. The van der Waals surface area contributed by atoms with Gasteiger partial charge in [-0.2, -0.15) is 0 Å². The Kier molecular flexibility index (Phi) is 4.84. The van der Waals surface area contributed by atoms with Crippen molar-refractivity contribution in [3.63, 3.8) is 0 Å². The fourth-order valence-corrected chi connectivity index (χ4v) is 2.01. The van der Waals surface area contributed by atoms with Crippen molar-refractivity contribution in [2.24, 2.45) is 0 Å². The van der Waals surface area contributed by atoms with E-state index in [0.717, 1.165) is 24.4 Å². The summed E-state index contributed by atoms with van der Waals surface area (Å²) in [5.41, 5.74) is 1.14. The predicted octanol–water partition coefficient (Wildman–Crippen LogP) is 2.49. The molecule has 0 fully saturated rings. The summed E-state index contributed by atoms with van der Waals surface area (Å²) in [6, 6.07) is 6.58. The summed E-state index contributed by atoms with van der Waals surface area (Å²) in [4.78, 5) is 14.5. The maximum atomic E-state index is 10.6. The van der Waals surface area contributed by atoms with Gasteiger partial charge in [-0.3, -0.25) is 10.1 Å². The number of hydrogen-bond donors (Lipinski definition) is 1. The van der Waals surface area contributed by atoms with Gasteiger partial charge in [0, 0.05) is 37.6 Å². The second-order valence-corrected chi connectivity index (χ2v) is 4.56. The molecule has 0 saturated heterocycles. The number of aryl methyl sites for hydroxylation is 1. The first-order chi connectivity index (χ1) is 9.70. The maximum Gasteiger partial charge on any atom is 0.269 e. The Balaban J connectivity index is 1.86. The minimum atomic E-state index is -0.390. The number of nitro benzene ring substituents is 1. The first-order valence-corrected chi connectivity index (χ1v) is 6.64. The third-order valence-corrected chi connectivity index (χ3v) is 3.03. The molecule has 0 atom stereocenters. The van der Waals surface area contributed by atoms with E-state index in [-0.39, 0.29) is 5.69 Å². The van der Waals surface area contributed by atoms with Crippen molar-refractivity contribution in [2.75, 3.05) is 0 Å². The van der Waals surface area contributed by atoms with Crippen LogP contribution in [0.5, 0.6) is 0 Å². The highest BCUT2D eigenvalue weighted by Crippen LogP contribution is 2.11. The molecule has 1 heterocycles. The Labute approximate surface area is 117 Å². The van der Waals surface area contributed by atoms with E-state index < -0.39 is 4.92 Å². The van der Waals surface area contributed by atoms with Crippen LogP contribution in [0.25, 0.3) is 0 Å². The van der Waals surface area contributed by atoms with Crippen LogP contribution in [0.3, 0.4) is 0 Å². The quantitative estimate of drug-likeness (QED) is 0.622. The zero-order valence-corrected chi connectivity index (χ0v) is 11.5. The van der Waals surface area contributed by atoms with Crippen LogP contribution in [0, 0.1) is 10.1 Å². The molecular weight excluding hydrogens is 256 g/mol. The number of imidazole rings is 1. The fraction of sp³-hybridized carbons (Fsp3) is 0.357. The first kappa shape index (κ1) is 14.2. The number of non-ortho nitro benzene ring substituents is 1. The van der Waals surface area contributed by atoms with Crippen molar-refractivity contribution in [2.45, 2.75) is 33.0 Å². The van der Waals surface area contributed by atoms with Crippen molar-refractivity contribution in [3.8, 4) is 0 Å². The molecule has 0 aliphatic heterocycles. The van der Waals surface area contributed by atoms with E-state index in [4.69, 9.17) is 0 Å². The van der Waals surface area contributed by atoms with Gasteiger partial charge in [-0.1, -0.05) is 19.1 Å². The monoisotopic (exact) mass is 274 g/mol. The topological polar surface area (TPSA) is 73.0 Å². The predicted molar refractivity (Wildman–Crippen MR) is 76.2 cm³/mol. The molecule has 0 spiro atoms. The van der Waals surface area contributed by atoms with Crippen LogP contribution in [0.4, 0.5) is 5.69 Å². The molecule has 0 saturated carbocycles. The van der Waals surface area contributed by atoms with E-state index in [1.165, 1.54) is 12.1 Å². The van der Waals surface area contributed by atoms with Gasteiger partial charge in [-0.15, -0.1) is 0 Å². The summed E-state index contributed by atoms with van der Waals surface area (Å²) >= 11 is 0. The van der Waals surface area contributed by atoms with Crippen molar-refractivity contribution in [1.82, 2.24) is 14.9 Å². The highest BCUT2D eigenvalue weighted by atomic mass is 16.6. The molecule has 0 aliphatic rings. The van der Waals surface area contributed by atoms with E-state index in [9.17, 15) is 10.1 Å². The highest BCUT2D eigenvalue weighted by Gasteiger charge is 2.04. The van der Waals surface area contributed by atoms with Crippen LogP contribution >= 0.6 is 0 Å². The zero-order valence-electron chi connectivity index (χ0n) is 11.5. The number of nitrogens with one attached hydrogen (secondary N) is 1. The van der Waals surface area contributed by atoms with E-state index in [0.29, 0.717) is 13.1 Å². The molecule has 0 unspecified atom stereocenters. The van der Waals surface area contributed by atoms with Crippen LogP contribution in [-0.2, 0) is 19.6 Å². The van der Waals surface area contributed by atoms with Crippen LogP contribution < -0.4 is 5.32 Å². The molecular formula is C14H18N4O2. The molecule has 1 aromatic carbocycles. The highest BCUT2D eigenvalue weighted by molar-refractivity contribution is 5.32. The lowest BCUT2D eigenvalue weighted by atomic mass is 10.2. The number of hydrogen-bond acceptors (Lipinski definition) is 4. The van der Waals surface area contributed by atoms with Gasteiger partial charge in [0.15, 0.2) is 0 Å². The fourth-order valence-electron chi connectivity index (χ4n) is 2.01. The molecule has 106 valence electrons. The molecule has 2 aromatic rings. The van der Waals surface area contributed by atoms with Crippen molar-refractivity contribution in [3.05, 3.63) is 58.2 Å². The molecule has 6 nitrogen and oxygen atoms in total. The number of aromatic nitrogens is 2. The minimum absolute atomic E-state index is 0.118. The van der Waals surface area contributed by atoms with Crippen molar-refractivity contribution >= 4 is 5.69 Å². The lowest BCUT2D eigenvalue weighted by Gasteiger charge is -2.07. The molecule has 0 bridgehead atoms. The molecule has 0 aliphatic carbocycles. The Morgan fingerprint density at radius 1 is 1.30 bits per heavy atom. The zero-order chi connectivity index (χ0) is 14.4. The van der Waals surface area contributed by atoms with Gasteiger partial charge in [0.25, 0.3) is 5.69 Å². The van der Waals surface area contributed by atoms with Crippen LogP contribution in [-0.4, -0.2) is 14.5 Å². The lowest BCUT2D eigenvalue weighted by Crippen LogP contribution is -2.16. The van der Waals surface area contributed by atoms with Crippen molar-refractivity contribution in [1.29, 1.82) is 0 Å².